The first-order chi connectivity index (χ1) is 10.6. The zero-order valence-corrected chi connectivity index (χ0v) is 13.2. The zero-order chi connectivity index (χ0) is 15.9. The number of rotatable bonds is 7. The second-order valence-electron chi connectivity index (χ2n) is 5.25. The molecule has 2 atom stereocenters. The highest BCUT2D eigenvalue weighted by Crippen LogP contribution is 2.23. The van der Waals surface area contributed by atoms with Crippen molar-refractivity contribution in [3.63, 3.8) is 0 Å². The maximum atomic E-state index is 10.4. The normalized spacial score (nSPS) is 13.5. The van der Waals surface area contributed by atoms with Crippen LogP contribution < -0.4 is 14.8 Å². The van der Waals surface area contributed by atoms with Crippen molar-refractivity contribution in [2.24, 2.45) is 0 Å². The monoisotopic (exact) mass is 301 g/mol. The van der Waals surface area contributed by atoms with Crippen molar-refractivity contribution < 1.29 is 14.6 Å². The lowest BCUT2D eigenvalue weighted by Gasteiger charge is -2.21. The van der Waals surface area contributed by atoms with Gasteiger partial charge in [0.25, 0.3) is 0 Å². The first kappa shape index (κ1) is 16.3. The average Bonchev–Trinajstić information content (AvgIpc) is 2.59. The Labute approximate surface area is 131 Å². The van der Waals surface area contributed by atoms with Gasteiger partial charge in [-0.25, -0.2) is 0 Å². The minimum absolute atomic E-state index is 0.0698. The first-order valence-corrected chi connectivity index (χ1v) is 7.32. The van der Waals surface area contributed by atoms with Gasteiger partial charge in [0, 0.05) is 18.7 Å². The summed E-state index contributed by atoms with van der Waals surface area (Å²) in [5, 5.41) is 13.7. The number of ether oxygens (including phenoxy) is 2. The molecule has 4 nitrogen and oxygen atoms in total. The van der Waals surface area contributed by atoms with E-state index in [1.165, 1.54) is 0 Å². The van der Waals surface area contributed by atoms with Gasteiger partial charge in [-0.3, -0.25) is 0 Å². The van der Waals surface area contributed by atoms with Crippen LogP contribution in [0.15, 0.2) is 48.5 Å². The fourth-order valence-corrected chi connectivity index (χ4v) is 2.30. The van der Waals surface area contributed by atoms with Crippen LogP contribution in [0.3, 0.4) is 0 Å². The molecule has 0 heterocycles. The maximum Gasteiger partial charge on any atom is 0.122 e. The van der Waals surface area contributed by atoms with Crippen molar-refractivity contribution in [1.82, 2.24) is 5.32 Å². The van der Waals surface area contributed by atoms with Crippen LogP contribution in [-0.2, 0) is 6.54 Å². The molecular weight excluding hydrogens is 278 g/mol. The third-order valence-electron chi connectivity index (χ3n) is 3.65. The van der Waals surface area contributed by atoms with Gasteiger partial charge in [-0.15, -0.1) is 0 Å². The van der Waals surface area contributed by atoms with Gasteiger partial charge in [-0.05, 0) is 30.2 Å². The highest BCUT2D eigenvalue weighted by molar-refractivity contribution is 5.38. The summed E-state index contributed by atoms with van der Waals surface area (Å²) in [4.78, 5) is 0. The molecule has 4 heteroatoms. The summed E-state index contributed by atoms with van der Waals surface area (Å²) in [5.41, 5.74) is 1.95. The van der Waals surface area contributed by atoms with Crippen LogP contribution in [0.25, 0.3) is 0 Å². The third-order valence-corrected chi connectivity index (χ3v) is 3.65. The highest BCUT2D eigenvalue weighted by Gasteiger charge is 2.15. The summed E-state index contributed by atoms with van der Waals surface area (Å²) < 4.78 is 10.5. The SMILES string of the molecule is COc1cc(CN[C@H](C)[C@@H](O)c2ccccc2)cc(OC)c1. The lowest BCUT2D eigenvalue weighted by molar-refractivity contribution is 0.135. The number of nitrogens with one attached hydrogen (secondary N) is 1. The highest BCUT2D eigenvalue weighted by atomic mass is 16.5. The number of hydrogen-bond acceptors (Lipinski definition) is 4. The van der Waals surface area contributed by atoms with E-state index in [0.29, 0.717) is 6.54 Å². The molecule has 0 aromatic heterocycles. The molecule has 22 heavy (non-hydrogen) atoms. The number of aliphatic hydroxyl groups is 1. The topological polar surface area (TPSA) is 50.7 Å². The van der Waals surface area contributed by atoms with E-state index in [4.69, 9.17) is 9.47 Å². The molecule has 0 bridgehead atoms. The van der Waals surface area contributed by atoms with Crippen LogP contribution in [0.1, 0.15) is 24.2 Å². The van der Waals surface area contributed by atoms with Gasteiger partial charge < -0.3 is 19.9 Å². The number of aliphatic hydroxyl groups excluding tert-OH is 1. The van der Waals surface area contributed by atoms with Crippen molar-refractivity contribution in [2.45, 2.75) is 25.6 Å². The Hall–Kier alpha value is -2.04. The lowest BCUT2D eigenvalue weighted by Crippen LogP contribution is -2.31. The smallest absolute Gasteiger partial charge is 0.122 e. The molecule has 0 aliphatic heterocycles. The third kappa shape index (κ3) is 4.23. The van der Waals surface area contributed by atoms with Gasteiger partial charge >= 0.3 is 0 Å². The molecule has 0 saturated heterocycles. The molecule has 2 N–H and O–H groups in total. The summed E-state index contributed by atoms with van der Waals surface area (Å²) in [6.07, 6.45) is -0.547. The van der Waals surface area contributed by atoms with Crippen LogP contribution in [0, 0.1) is 0 Å². The Morgan fingerprint density at radius 2 is 1.59 bits per heavy atom. The van der Waals surface area contributed by atoms with Crippen molar-refractivity contribution in [1.29, 1.82) is 0 Å². The summed E-state index contributed by atoms with van der Waals surface area (Å²) in [7, 11) is 3.27. The molecule has 2 aromatic carbocycles. The summed E-state index contributed by atoms with van der Waals surface area (Å²) in [6.45, 7) is 2.59. The first-order valence-electron chi connectivity index (χ1n) is 7.32. The molecule has 0 aliphatic rings. The average molecular weight is 301 g/mol. The minimum atomic E-state index is -0.547. The molecule has 0 radical (unpaired) electrons. The van der Waals surface area contributed by atoms with E-state index in [2.05, 4.69) is 5.32 Å². The molecule has 2 aromatic rings. The maximum absolute atomic E-state index is 10.4. The van der Waals surface area contributed by atoms with Crippen LogP contribution >= 0.6 is 0 Å². The van der Waals surface area contributed by atoms with Gasteiger partial charge in [0.1, 0.15) is 11.5 Å². The van der Waals surface area contributed by atoms with Gasteiger partial charge in [0.2, 0.25) is 0 Å². The van der Waals surface area contributed by atoms with Crippen LogP contribution in [0.5, 0.6) is 11.5 Å². The molecule has 2 rings (SSSR count). The Bertz CT molecular complexity index is 564. The van der Waals surface area contributed by atoms with Crippen LogP contribution in [0.2, 0.25) is 0 Å². The predicted molar refractivity (Wildman–Crippen MR) is 87.2 cm³/mol. The zero-order valence-electron chi connectivity index (χ0n) is 13.2. The standard InChI is InChI=1S/C18H23NO3/c1-13(18(20)15-7-5-4-6-8-15)19-12-14-9-16(21-2)11-17(10-14)22-3/h4-11,13,18-20H,12H2,1-3H3/t13-,18-/m1/s1. The predicted octanol–water partition coefficient (Wildman–Crippen LogP) is 2.92. The Balaban J connectivity index is 2.00. The van der Waals surface area contributed by atoms with E-state index in [-0.39, 0.29) is 6.04 Å². The van der Waals surface area contributed by atoms with E-state index in [0.717, 1.165) is 22.6 Å². The van der Waals surface area contributed by atoms with Crippen molar-refractivity contribution in [2.75, 3.05) is 14.2 Å². The Kier molecular flexibility index (Phi) is 5.81. The van der Waals surface area contributed by atoms with Gasteiger partial charge in [-0.2, -0.15) is 0 Å². The fourth-order valence-electron chi connectivity index (χ4n) is 2.30. The summed E-state index contributed by atoms with van der Waals surface area (Å²) in [5.74, 6) is 1.51. The van der Waals surface area contributed by atoms with E-state index in [1.54, 1.807) is 14.2 Å². The minimum Gasteiger partial charge on any atom is -0.497 e. The summed E-state index contributed by atoms with van der Waals surface area (Å²) >= 11 is 0. The van der Waals surface area contributed by atoms with Crippen molar-refractivity contribution in [3.05, 3.63) is 59.7 Å². The number of methoxy groups -OCH3 is 2. The molecule has 0 fully saturated rings. The number of hydrogen-bond donors (Lipinski definition) is 2. The van der Waals surface area contributed by atoms with Crippen molar-refractivity contribution in [3.8, 4) is 11.5 Å². The van der Waals surface area contributed by atoms with Crippen molar-refractivity contribution >= 4 is 0 Å². The van der Waals surface area contributed by atoms with E-state index in [9.17, 15) is 5.11 Å². The summed E-state index contributed by atoms with van der Waals surface area (Å²) in [6, 6.07) is 15.3. The molecule has 0 aliphatic carbocycles. The quantitative estimate of drug-likeness (QED) is 0.825. The number of benzene rings is 2. The Morgan fingerprint density at radius 1 is 1.00 bits per heavy atom. The van der Waals surface area contributed by atoms with Gasteiger partial charge in [0.15, 0.2) is 0 Å². The van der Waals surface area contributed by atoms with Gasteiger partial charge in [0.05, 0.1) is 20.3 Å². The second-order valence-corrected chi connectivity index (χ2v) is 5.25. The molecule has 0 amide bonds. The molecule has 0 saturated carbocycles. The van der Waals surface area contributed by atoms with E-state index < -0.39 is 6.10 Å². The lowest BCUT2D eigenvalue weighted by atomic mass is 10.0. The molecule has 0 spiro atoms. The molecule has 0 unspecified atom stereocenters. The molecule has 118 valence electrons. The van der Waals surface area contributed by atoms with Gasteiger partial charge in [-0.1, -0.05) is 30.3 Å². The van der Waals surface area contributed by atoms with E-state index >= 15 is 0 Å². The van der Waals surface area contributed by atoms with Crippen LogP contribution in [0.4, 0.5) is 0 Å². The van der Waals surface area contributed by atoms with Crippen LogP contribution in [-0.4, -0.2) is 25.4 Å². The fraction of sp³-hybridized carbons (Fsp3) is 0.333. The Morgan fingerprint density at radius 3 is 2.14 bits per heavy atom. The second kappa shape index (κ2) is 7.82. The molecular formula is C18H23NO3. The van der Waals surface area contributed by atoms with E-state index in [1.807, 2.05) is 55.5 Å². The largest absolute Gasteiger partial charge is 0.497 e.